The highest BCUT2D eigenvalue weighted by Gasteiger charge is 2.12. The standard InChI is InChI=1S/C14H14N4OS/c1-2-20-14-16-12-11(13(19)17-14)9-15-18(12)10-7-5-3-4-6-8-10/h3-5,7-9H,2,6H2,1H3,(H,16,17,19). The molecule has 20 heavy (non-hydrogen) atoms. The van der Waals surface area contributed by atoms with Crippen LogP contribution in [-0.4, -0.2) is 25.5 Å². The van der Waals surface area contributed by atoms with Gasteiger partial charge in [0.1, 0.15) is 5.39 Å². The fraction of sp³-hybridized carbons (Fsp3) is 0.214. The summed E-state index contributed by atoms with van der Waals surface area (Å²) in [6, 6.07) is 0. The van der Waals surface area contributed by atoms with Gasteiger partial charge in [-0.25, -0.2) is 9.67 Å². The largest absolute Gasteiger partial charge is 0.301 e. The zero-order valence-electron chi connectivity index (χ0n) is 11.0. The molecule has 3 rings (SSSR count). The first-order valence-corrected chi connectivity index (χ1v) is 7.42. The van der Waals surface area contributed by atoms with Crippen molar-refractivity contribution < 1.29 is 0 Å². The van der Waals surface area contributed by atoms with E-state index in [4.69, 9.17) is 0 Å². The Hall–Kier alpha value is -2.08. The highest BCUT2D eigenvalue weighted by atomic mass is 32.2. The molecule has 0 aromatic carbocycles. The number of hydrogen-bond acceptors (Lipinski definition) is 4. The number of aromatic amines is 1. The summed E-state index contributed by atoms with van der Waals surface area (Å²) in [7, 11) is 0. The van der Waals surface area contributed by atoms with Gasteiger partial charge in [0.15, 0.2) is 10.8 Å². The maximum absolute atomic E-state index is 12.0. The van der Waals surface area contributed by atoms with Crippen LogP contribution in [0.1, 0.15) is 13.3 Å². The van der Waals surface area contributed by atoms with Crippen LogP contribution in [0.5, 0.6) is 0 Å². The maximum atomic E-state index is 12.0. The van der Waals surface area contributed by atoms with Gasteiger partial charge >= 0.3 is 0 Å². The molecule has 2 aromatic rings. The molecule has 1 N–H and O–H groups in total. The Labute approximate surface area is 120 Å². The lowest BCUT2D eigenvalue weighted by Crippen LogP contribution is -2.10. The van der Waals surface area contributed by atoms with Crippen molar-refractivity contribution >= 4 is 28.5 Å². The van der Waals surface area contributed by atoms with Crippen molar-refractivity contribution in [3.05, 3.63) is 46.9 Å². The Balaban J connectivity index is 2.17. The molecule has 0 amide bonds. The molecule has 0 aliphatic heterocycles. The Morgan fingerprint density at radius 3 is 3.20 bits per heavy atom. The zero-order chi connectivity index (χ0) is 13.9. The number of thioether (sulfide) groups is 1. The molecule has 1 aliphatic carbocycles. The van der Waals surface area contributed by atoms with Gasteiger partial charge in [-0.2, -0.15) is 5.10 Å². The monoisotopic (exact) mass is 286 g/mol. The molecular formula is C14H14N4OS. The van der Waals surface area contributed by atoms with Gasteiger partial charge in [-0.15, -0.1) is 0 Å². The van der Waals surface area contributed by atoms with E-state index in [9.17, 15) is 4.79 Å². The SMILES string of the molecule is CCSc1nc2c(cnn2C2=CCC=CC=C2)c(=O)[nH]1. The van der Waals surface area contributed by atoms with Gasteiger partial charge in [0.25, 0.3) is 5.56 Å². The summed E-state index contributed by atoms with van der Waals surface area (Å²) in [5.41, 5.74) is 1.38. The second-order valence-corrected chi connectivity index (χ2v) is 5.50. The van der Waals surface area contributed by atoms with Gasteiger partial charge in [-0.1, -0.05) is 43.0 Å². The minimum atomic E-state index is -0.145. The fourth-order valence-corrected chi connectivity index (χ4v) is 2.61. The Morgan fingerprint density at radius 2 is 2.35 bits per heavy atom. The molecule has 5 nitrogen and oxygen atoms in total. The topological polar surface area (TPSA) is 63.6 Å². The van der Waals surface area contributed by atoms with Crippen LogP contribution in [0.25, 0.3) is 16.7 Å². The van der Waals surface area contributed by atoms with Crippen molar-refractivity contribution in [1.29, 1.82) is 0 Å². The molecule has 0 bridgehead atoms. The van der Waals surface area contributed by atoms with E-state index in [1.807, 2.05) is 25.2 Å². The van der Waals surface area contributed by atoms with E-state index in [0.717, 1.165) is 17.9 Å². The second-order valence-electron chi connectivity index (χ2n) is 4.25. The van der Waals surface area contributed by atoms with Crippen molar-refractivity contribution in [3.8, 4) is 0 Å². The zero-order valence-corrected chi connectivity index (χ0v) is 11.9. The summed E-state index contributed by atoms with van der Waals surface area (Å²) in [6.45, 7) is 2.02. The lowest BCUT2D eigenvalue weighted by molar-refractivity contribution is 0.892. The smallest absolute Gasteiger partial charge is 0.262 e. The summed E-state index contributed by atoms with van der Waals surface area (Å²) in [4.78, 5) is 19.3. The molecule has 0 saturated carbocycles. The van der Waals surface area contributed by atoms with E-state index in [1.165, 1.54) is 11.8 Å². The summed E-state index contributed by atoms with van der Waals surface area (Å²) in [5.74, 6) is 0.856. The van der Waals surface area contributed by atoms with Crippen LogP contribution >= 0.6 is 11.8 Å². The Bertz CT molecular complexity index is 782. The highest BCUT2D eigenvalue weighted by Crippen LogP contribution is 2.18. The van der Waals surface area contributed by atoms with Gasteiger partial charge in [-0.05, 0) is 18.2 Å². The molecular weight excluding hydrogens is 272 g/mol. The van der Waals surface area contributed by atoms with Gasteiger partial charge in [0, 0.05) is 0 Å². The molecule has 2 heterocycles. The van der Waals surface area contributed by atoms with E-state index in [0.29, 0.717) is 16.2 Å². The molecule has 0 atom stereocenters. The highest BCUT2D eigenvalue weighted by molar-refractivity contribution is 7.99. The number of hydrogen-bond donors (Lipinski definition) is 1. The average molecular weight is 286 g/mol. The molecule has 2 aromatic heterocycles. The van der Waals surface area contributed by atoms with Crippen LogP contribution in [-0.2, 0) is 0 Å². The summed E-state index contributed by atoms with van der Waals surface area (Å²) < 4.78 is 1.72. The van der Waals surface area contributed by atoms with E-state index in [2.05, 4.69) is 27.2 Å². The number of fused-ring (bicyclic) bond motifs is 1. The first-order chi connectivity index (χ1) is 9.79. The third-order valence-corrected chi connectivity index (χ3v) is 3.67. The van der Waals surface area contributed by atoms with Crippen LogP contribution in [0, 0.1) is 0 Å². The van der Waals surface area contributed by atoms with Gasteiger partial charge in [0.2, 0.25) is 0 Å². The first kappa shape index (κ1) is 12.9. The molecule has 1 aliphatic rings. The first-order valence-electron chi connectivity index (χ1n) is 6.44. The molecule has 0 fully saturated rings. The van der Waals surface area contributed by atoms with Crippen molar-refractivity contribution in [2.75, 3.05) is 5.75 Å². The number of H-pyrrole nitrogens is 1. The molecule has 0 saturated heterocycles. The summed E-state index contributed by atoms with van der Waals surface area (Å²) in [5, 5.41) is 5.44. The van der Waals surface area contributed by atoms with Gasteiger partial charge in [-0.3, -0.25) is 4.79 Å². The summed E-state index contributed by atoms with van der Waals surface area (Å²) >= 11 is 1.51. The molecule has 102 valence electrons. The lowest BCUT2D eigenvalue weighted by Gasteiger charge is -2.04. The number of rotatable bonds is 3. The minimum absolute atomic E-state index is 0.145. The average Bonchev–Trinajstić information content (AvgIpc) is 2.68. The number of allylic oxidation sites excluding steroid dienone is 6. The predicted molar refractivity (Wildman–Crippen MR) is 81.7 cm³/mol. The Morgan fingerprint density at radius 1 is 1.45 bits per heavy atom. The maximum Gasteiger partial charge on any atom is 0.262 e. The number of nitrogens with one attached hydrogen (secondary N) is 1. The third kappa shape index (κ3) is 2.34. The fourth-order valence-electron chi connectivity index (χ4n) is 2.02. The third-order valence-electron chi connectivity index (χ3n) is 2.92. The minimum Gasteiger partial charge on any atom is -0.301 e. The van der Waals surface area contributed by atoms with Crippen LogP contribution < -0.4 is 5.56 Å². The van der Waals surface area contributed by atoms with E-state index in [1.54, 1.807) is 10.9 Å². The number of nitrogens with zero attached hydrogens (tertiary/aromatic N) is 3. The van der Waals surface area contributed by atoms with Crippen LogP contribution in [0.4, 0.5) is 0 Å². The number of aromatic nitrogens is 4. The van der Waals surface area contributed by atoms with E-state index < -0.39 is 0 Å². The van der Waals surface area contributed by atoms with Crippen LogP contribution in [0.3, 0.4) is 0 Å². The van der Waals surface area contributed by atoms with Crippen LogP contribution in [0.15, 0.2) is 46.5 Å². The predicted octanol–water partition coefficient (Wildman–Crippen LogP) is 2.59. The lowest BCUT2D eigenvalue weighted by atomic mass is 10.3. The van der Waals surface area contributed by atoms with Crippen LogP contribution in [0.2, 0.25) is 0 Å². The van der Waals surface area contributed by atoms with Gasteiger partial charge < -0.3 is 4.98 Å². The molecule has 0 unspecified atom stereocenters. The van der Waals surface area contributed by atoms with E-state index >= 15 is 0 Å². The second kappa shape index (κ2) is 5.50. The summed E-state index contributed by atoms with van der Waals surface area (Å²) in [6.07, 6.45) is 12.4. The van der Waals surface area contributed by atoms with Crippen molar-refractivity contribution in [2.45, 2.75) is 18.5 Å². The van der Waals surface area contributed by atoms with Crippen molar-refractivity contribution in [3.63, 3.8) is 0 Å². The van der Waals surface area contributed by atoms with Crippen molar-refractivity contribution in [1.82, 2.24) is 19.7 Å². The van der Waals surface area contributed by atoms with Crippen molar-refractivity contribution in [2.24, 2.45) is 0 Å². The van der Waals surface area contributed by atoms with Gasteiger partial charge in [0.05, 0.1) is 11.9 Å². The molecule has 0 radical (unpaired) electrons. The quantitative estimate of drug-likeness (QED) is 0.696. The normalized spacial score (nSPS) is 14.6. The molecule has 6 heteroatoms. The van der Waals surface area contributed by atoms with E-state index in [-0.39, 0.29) is 5.56 Å². The Kier molecular flexibility index (Phi) is 3.56. The molecule has 0 spiro atoms.